The van der Waals surface area contributed by atoms with Crippen LogP contribution in [0.1, 0.15) is 0 Å². The van der Waals surface area contributed by atoms with Crippen molar-refractivity contribution in [3.05, 3.63) is 24.3 Å². The first-order valence-electron chi connectivity index (χ1n) is 7.84. The molecule has 0 atom stereocenters. The van der Waals surface area contributed by atoms with Gasteiger partial charge in [-0.2, -0.15) is 9.57 Å². The number of carbonyl (C=O) groups is 1. The highest BCUT2D eigenvalue weighted by Gasteiger charge is 2.32. The van der Waals surface area contributed by atoms with E-state index in [0.29, 0.717) is 13.1 Å². The van der Waals surface area contributed by atoms with Crippen molar-refractivity contribution in [1.29, 1.82) is 5.26 Å². The molecule has 0 unspecified atom stereocenters. The van der Waals surface area contributed by atoms with E-state index in [9.17, 15) is 26.4 Å². The number of carbonyl (C=O) groups excluding carboxylic acids is 1. The zero-order valence-electron chi connectivity index (χ0n) is 14.1. The number of sulfonamides is 1. The van der Waals surface area contributed by atoms with Crippen molar-refractivity contribution in [2.24, 2.45) is 0 Å². The van der Waals surface area contributed by atoms with Crippen LogP contribution in [0.25, 0.3) is 0 Å². The number of benzene rings is 1. The number of piperazine rings is 1. The first kappa shape index (κ1) is 20.9. The van der Waals surface area contributed by atoms with E-state index in [4.69, 9.17) is 5.26 Å². The number of hydrogen-bond acceptors (Lipinski definition) is 6. The summed E-state index contributed by atoms with van der Waals surface area (Å²) in [4.78, 5) is 13.2. The molecule has 1 aliphatic rings. The lowest BCUT2D eigenvalue weighted by molar-refractivity contribution is -0.274. The molecule has 2 rings (SSSR count). The van der Waals surface area contributed by atoms with Gasteiger partial charge in [0.2, 0.25) is 15.9 Å². The van der Waals surface area contributed by atoms with E-state index < -0.39 is 22.1 Å². The largest absolute Gasteiger partial charge is 0.573 e. The predicted octanol–water partition coefficient (Wildman–Crippen LogP) is 0.531. The minimum absolute atomic E-state index is 0.0546. The third-order valence-electron chi connectivity index (χ3n) is 3.76. The van der Waals surface area contributed by atoms with Gasteiger partial charge in [0, 0.05) is 26.2 Å². The highest BCUT2D eigenvalue weighted by Crippen LogP contribution is 2.25. The molecule has 12 heteroatoms. The third-order valence-corrected chi connectivity index (χ3v) is 5.67. The maximum absolute atomic E-state index is 12.6. The molecule has 1 N–H and O–H groups in total. The van der Waals surface area contributed by atoms with Gasteiger partial charge in [0.15, 0.2) is 0 Å². The number of alkyl halides is 3. The molecule has 0 aliphatic carbocycles. The average Bonchev–Trinajstić information content (AvgIpc) is 2.59. The van der Waals surface area contributed by atoms with Crippen LogP contribution in [-0.2, 0) is 14.8 Å². The molecule has 1 saturated heterocycles. The molecule has 8 nitrogen and oxygen atoms in total. The molecule has 0 bridgehead atoms. The van der Waals surface area contributed by atoms with E-state index in [1.165, 1.54) is 4.31 Å². The van der Waals surface area contributed by atoms with Crippen LogP contribution in [0.5, 0.6) is 5.75 Å². The summed E-state index contributed by atoms with van der Waals surface area (Å²) in [7, 11) is -3.86. The topological polar surface area (TPSA) is 103 Å². The molecule has 1 aromatic carbocycles. The fraction of sp³-hybridized carbons (Fsp3) is 0.467. The molecular weight excluding hydrogens is 389 g/mol. The summed E-state index contributed by atoms with van der Waals surface area (Å²) < 4.78 is 66.6. The van der Waals surface area contributed by atoms with Crippen LogP contribution < -0.4 is 10.1 Å². The average molecular weight is 406 g/mol. The van der Waals surface area contributed by atoms with E-state index >= 15 is 0 Å². The fourth-order valence-electron chi connectivity index (χ4n) is 2.49. The van der Waals surface area contributed by atoms with E-state index in [1.807, 2.05) is 0 Å². The molecule has 1 aliphatic heterocycles. The molecule has 1 aromatic rings. The van der Waals surface area contributed by atoms with Crippen molar-refractivity contribution >= 4 is 15.9 Å². The number of nitrogens with zero attached hydrogens (tertiary/aromatic N) is 3. The van der Waals surface area contributed by atoms with Crippen LogP contribution in [0.2, 0.25) is 0 Å². The lowest BCUT2D eigenvalue weighted by Gasteiger charge is -2.33. The molecule has 148 valence electrons. The molecule has 0 saturated carbocycles. The SMILES string of the molecule is N#CCNC(=O)CN1CCN(S(=O)(=O)c2ccc(OC(F)(F)F)cc2)CC1. The summed E-state index contributed by atoms with van der Waals surface area (Å²) in [6.45, 7) is 0.854. The smallest absolute Gasteiger partial charge is 0.406 e. The van der Waals surface area contributed by atoms with Gasteiger partial charge >= 0.3 is 6.36 Å². The second-order valence-corrected chi connectivity index (χ2v) is 7.57. The summed E-state index contributed by atoms with van der Waals surface area (Å²) in [6, 6.07) is 5.78. The molecule has 27 heavy (non-hydrogen) atoms. The quantitative estimate of drug-likeness (QED) is 0.692. The molecular formula is C15H17F3N4O4S. The van der Waals surface area contributed by atoms with Gasteiger partial charge < -0.3 is 10.1 Å². The Hall–Kier alpha value is -2.36. The van der Waals surface area contributed by atoms with Gasteiger partial charge in [-0.3, -0.25) is 9.69 Å². The number of rotatable bonds is 6. The zero-order chi connectivity index (χ0) is 20.1. The number of ether oxygens (including phenoxy) is 1. The van der Waals surface area contributed by atoms with Crippen molar-refractivity contribution in [2.75, 3.05) is 39.3 Å². The summed E-state index contributed by atoms with van der Waals surface area (Å²) in [5.74, 6) is -0.831. The van der Waals surface area contributed by atoms with Gasteiger partial charge in [-0.25, -0.2) is 8.42 Å². The van der Waals surface area contributed by atoms with Crippen LogP contribution in [0, 0.1) is 11.3 Å². The van der Waals surface area contributed by atoms with E-state index in [0.717, 1.165) is 24.3 Å². The van der Waals surface area contributed by atoms with E-state index in [-0.39, 0.29) is 37.0 Å². The third kappa shape index (κ3) is 6.09. The zero-order valence-corrected chi connectivity index (χ0v) is 14.9. The molecule has 0 aromatic heterocycles. The van der Waals surface area contributed by atoms with Crippen molar-refractivity contribution in [1.82, 2.24) is 14.5 Å². The van der Waals surface area contributed by atoms with Crippen LogP contribution in [0.4, 0.5) is 13.2 Å². The molecule has 1 amide bonds. The standard InChI is InChI=1S/C15H17F3N4O4S/c16-15(17,18)26-12-1-3-13(4-2-12)27(24,25)22-9-7-21(8-10-22)11-14(23)20-6-5-19/h1-4H,6-11H2,(H,20,23). The number of halogens is 3. The first-order valence-corrected chi connectivity index (χ1v) is 9.28. The Balaban J connectivity index is 1.94. The van der Waals surface area contributed by atoms with Crippen LogP contribution in [0.15, 0.2) is 29.2 Å². The maximum Gasteiger partial charge on any atom is 0.573 e. The number of amides is 1. The normalized spacial score (nSPS) is 16.5. The Morgan fingerprint density at radius 2 is 1.78 bits per heavy atom. The van der Waals surface area contributed by atoms with Crippen molar-refractivity contribution in [3.63, 3.8) is 0 Å². The van der Waals surface area contributed by atoms with E-state index in [1.54, 1.807) is 11.0 Å². The Morgan fingerprint density at radius 3 is 2.30 bits per heavy atom. The van der Waals surface area contributed by atoms with Gasteiger partial charge in [0.25, 0.3) is 0 Å². The second-order valence-electron chi connectivity index (χ2n) is 5.63. The highest BCUT2D eigenvalue weighted by molar-refractivity contribution is 7.89. The van der Waals surface area contributed by atoms with Crippen molar-refractivity contribution in [3.8, 4) is 11.8 Å². The van der Waals surface area contributed by atoms with Crippen LogP contribution in [-0.4, -0.2) is 69.2 Å². The minimum atomic E-state index is -4.85. The van der Waals surface area contributed by atoms with E-state index in [2.05, 4.69) is 10.1 Å². The maximum atomic E-state index is 12.6. The van der Waals surface area contributed by atoms with Gasteiger partial charge in [0.05, 0.1) is 17.5 Å². The summed E-state index contributed by atoms with van der Waals surface area (Å²) in [5.41, 5.74) is 0. The molecule has 0 radical (unpaired) electrons. The van der Waals surface area contributed by atoms with Crippen LogP contribution >= 0.6 is 0 Å². The highest BCUT2D eigenvalue weighted by atomic mass is 32.2. The van der Waals surface area contributed by atoms with Gasteiger partial charge in [-0.15, -0.1) is 13.2 Å². The molecule has 1 fully saturated rings. The Bertz CT molecular complexity index is 798. The monoisotopic (exact) mass is 406 g/mol. The lowest BCUT2D eigenvalue weighted by atomic mass is 10.3. The summed E-state index contributed by atoms with van der Waals surface area (Å²) in [6.07, 6.45) is -4.85. The number of nitrogens with one attached hydrogen (secondary N) is 1. The molecule has 1 heterocycles. The first-order chi connectivity index (χ1) is 12.6. The second kappa shape index (κ2) is 8.55. The number of nitriles is 1. The van der Waals surface area contributed by atoms with Crippen molar-refractivity contribution < 1.29 is 31.1 Å². The predicted molar refractivity (Wildman–Crippen MR) is 86.9 cm³/mol. The Kier molecular flexibility index (Phi) is 6.63. The summed E-state index contributed by atoms with van der Waals surface area (Å²) in [5, 5.41) is 10.8. The van der Waals surface area contributed by atoms with Crippen molar-refractivity contribution in [2.45, 2.75) is 11.3 Å². The van der Waals surface area contributed by atoms with Gasteiger partial charge in [-0.05, 0) is 24.3 Å². The number of hydrogen-bond donors (Lipinski definition) is 1. The molecule has 0 spiro atoms. The van der Waals surface area contributed by atoms with Gasteiger partial charge in [0.1, 0.15) is 12.3 Å². The fourth-order valence-corrected chi connectivity index (χ4v) is 3.91. The van der Waals surface area contributed by atoms with Crippen LogP contribution in [0.3, 0.4) is 0 Å². The Labute approximate surface area is 154 Å². The Morgan fingerprint density at radius 1 is 1.19 bits per heavy atom. The van der Waals surface area contributed by atoms with Gasteiger partial charge in [-0.1, -0.05) is 0 Å². The summed E-state index contributed by atoms with van der Waals surface area (Å²) >= 11 is 0. The minimum Gasteiger partial charge on any atom is -0.406 e. The lowest BCUT2D eigenvalue weighted by Crippen LogP contribution is -2.51.